The molecule has 1 aliphatic heterocycles. The summed E-state index contributed by atoms with van der Waals surface area (Å²) in [6.07, 6.45) is -2.51. The first-order valence-corrected chi connectivity index (χ1v) is 4.72. The highest BCUT2D eigenvalue weighted by Crippen LogP contribution is 2.20. The largest absolute Gasteiger partial charge is 0.388 e. The van der Waals surface area contributed by atoms with Crippen LogP contribution in [-0.2, 0) is 9.53 Å². The van der Waals surface area contributed by atoms with Gasteiger partial charge in [0.25, 0.3) is 0 Å². The predicted molar refractivity (Wildman–Crippen MR) is 49.6 cm³/mol. The van der Waals surface area contributed by atoms with E-state index in [0.29, 0.717) is 0 Å². The van der Waals surface area contributed by atoms with Crippen molar-refractivity contribution in [2.75, 3.05) is 0 Å². The maximum atomic E-state index is 10.8. The first-order valence-electron chi connectivity index (χ1n) is 4.72. The fourth-order valence-corrected chi connectivity index (χ4v) is 1.69. The Hall–Kier alpha value is -0.650. The van der Waals surface area contributed by atoms with Gasteiger partial charge < -0.3 is 20.3 Å². The molecule has 5 heteroatoms. The van der Waals surface area contributed by atoms with Crippen molar-refractivity contribution in [3.8, 4) is 0 Å². The predicted octanol–water partition coefficient (Wildman–Crippen LogP) is -0.980. The van der Waals surface area contributed by atoms with Crippen molar-refractivity contribution in [3.63, 3.8) is 0 Å². The minimum absolute atomic E-state index is 0.269. The Balaban J connectivity index is 2.71. The van der Waals surface area contributed by atoms with Gasteiger partial charge in [-0.2, -0.15) is 0 Å². The number of nitrogens with one attached hydrogen (secondary N) is 1. The Morgan fingerprint density at radius 1 is 1.21 bits per heavy atom. The van der Waals surface area contributed by atoms with Gasteiger partial charge >= 0.3 is 0 Å². The smallest absolute Gasteiger partial charge is 0.217 e. The van der Waals surface area contributed by atoms with Crippen molar-refractivity contribution >= 4 is 5.91 Å². The van der Waals surface area contributed by atoms with Crippen LogP contribution < -0.4 is 5.32 Å². The van der Waals surface area contributed by atoms with Crippen LogP contribution in [0.2, 0.25) is 0 Å². The maximum absolute atomic E-state index is 10.8. The van der Waals surface area contributed by atoms with E-state index in [1.165, 1.54) is 6.92 Å². The average Bonchev–Trinajstić information content (AvgIpc) is 2.09. The number of hydrogen-bond donors (Lipinski definition) is 3. The number of aliphatic hydroxyl groups is 2. The molecule has 5 atom stereocenters. The van der Waals surface area contributed by atoms with Gasteiger partial charge in [0.15, 0.2) is 0 Å². The van der Waals surface area contributed by atoms with Gasteiger partial charge in [0.2, 0.25) is 5.91 Å². The van der Waals surface area contributed by atoms with Gasteiger partial charge in [0.05, 0.1) is 18.2 Å². The highest BCUT2D eigenvalue weighted by atomic mass is 16.5. The van der Waals surface area contributed by atoms with Crippen LogP contribution in [0.4, 0.5) is 0 Å². The monoisotopic (exact) mass is 203 g/mol. The number of ether oxygens (including phenoxy) is 1. The maximum Gasteiger partial charge on any atom is 0.217 e. The van der Waals surface area contributed by atoms with Crippen molar-refractivity contribution in [2.24, 2.45) is 0 Å². The SMILES string of the molecule is CC(=O)NC1C(O)[C@@H](C)OC(C)[C@H]1O. The van der Waals surface area contributed by atoms with Gasteiger partial charge in [-0.25, -0.2) is 0 Å². The lowest BCUT2D eigenvalue weighted by molar-refractivity contribution is -0.174. The van der Waals surface area contributed by atoms with Crippen molar-refractivity contribution in [3.05, 3.63) is 0 Å². The molecule has 0 bridgehead atoms. The number of carbonyl (C=O) groups is 1. The summed E-state index contributed by atoms with van der Waals surface area (Å²) in [6.45, 7) is 4.77. The van der Waals surface area contributed by atoms with Crippen LogP contribution in [0.5, 0.6) is 0 Å². The quantitative estimate of drug-likeness (QED) is 0.512. The summed E-state index contributed by atoms with van der Waals surface area (Å²) >= 11 is 0. The van der Waals surface area contributed by atoms with Crippen LogP contribution in [0.3, 0.4) is 0 Å². The van der Waals surface area contributed by atoms with E-state index >= 15 is 0 Å². The summed E-state index contributed by atoms with van der Waals surface area (Å²) in [5, 5.41) is 21.9. The first kappa shape index (κ1) is 11.4. The van der Waals surface area contributed by atoms with E-state index in [2.05, 4.69) is 5.32 Å². The summed E-state index contributed by atoms with van der Waals surface area (Å²) in [5.41, 5.74) is 0. The van der Waals surface area contributed by atoms with E-state index < -0.39 is 18.2 Å². The highest BCUT2D eigenvalue weighted by Gasteiger charge is 2.40. The molecule has 0 spiro atoms. The summed E-state index contributed by atoms with van der Waals surface area (Å²) in [6, 6.07) is -0.647. The second-order valence-electron chi connectivity index (χ2n) is 3.75. The molecular weight excluding hydrogens is 186 g/mol. The molecule has 0 aliphatic carbocycles. The molecule has 3 N–H and O–H groups in total. The summed E-state index contributed by atoms with van der Waals surface area (Å²) < 4.78 is 5.27. The fourth-order valence-electron chi connectivity index (χ4n) is 1.69. The molecule has 82 valence electrons. The average molecular weight is 203 g/mol. The minimum Gasteiger partial charge on any atom is -0.388 e. The van der Waals surface area contributed by atoms with E-state index in [0.717, 1.165) is 0 Å². The molecule has 5 nitrogen and oxygen atoms in total. The van der Waals surface area contributed by atoms with Crippen LogP contribution in [0, 0.1) is 0 Å². The molecule has 1 saturated heterocycles. The number of carbonyl (C=O) groups excluding carboxylic acids is 1. The molecule has 1 heterocycles. The topological polar surface area (TPSA) is 78.8 Å². The first-order chi connectivity index (χ1) is 6.43. The normalized spacial score (nSPS) is 43.4. The van der Waals surface area contributed by atoms with E-state index in [1.807, 2.05) is 0 Å². The van der Waals surface area contributed by atoms with Crippen molar-refractivity contribution in [1.82, 2.24) is 5.32 Å². The third-order valence-corrected chi connectivity index (χ3v) is 2.50. The van der Waals surface area contributed by atoms with E-state index in [-0.39, 0.29) is 18.1 Å². The molecule has 3 unspecified atom stereocenters. The van der Waals surface area contributed by atoms with Gasteiger partial charge in [0, 0.05) is 6.92 Å². The molecule has 14 heavy (non-hydrogen) atoms. The molecule has 1 amide bonds. The number of aliphatic hydroxyl groups excluding tert-OH is 2. The van der Waals surface area contributed by atoms with E-state index in [9.17, 15) is 15.0 Å². The molecule has 0 aromatic rings. The lowest BCUT2D eigenvalue weighted by Crippen LogP contribution is -2.62. The van der Waals surface area contributed by atoms with Gasteiger partial charge in [-0.3, -0.25) is 4.79 Å². The number of rotatable bonds is 1. The molecule has 0 saturated carbocycles. The molecular formula is C9H17NO4. The van der Waals surface area contributed by atoms with Gasteiger partial charge in [0.1, 0.15) is 12.2 Å². The Bertz CT molecular complexity index is 207. The molecule has 0 aromatic heterocycles. The molecule has 0 aromatic carbocycles. The van der Waals surface area contributed by atoms with Gasteiger partial charge in [-0.1, -0.05) is 0 Å². The van der Waals surface area contributed by atoms with Crippen molar-refractivity contribution < 1.29 is 19.7 Å². The van der Waals surface area contributed by atoms with Crippen LogP contribution >= 0.6 is 0 Å². The number of amides is 1. The van der Waals surface area contributed by atoms with E-state index in [1.54, 1.807) is 13.8 Å². The minimum atomic E-state index is -0.870. The zero-order valence-electron chi connectivity index (χ0n) is 8.60. The zero-order chi connectivity index (χ0) is 10.9. The standard InChI is InChI=1S/C9H17NO4/c1-4-8(12)7(10-6(3)11)9(13)5(2)14-4/h4-5,7-9,12-13H,1-3H3,(H,10,11)/t4-,5?,7?,8?,9-/m1/s1. The third-order valence-electron chi connectivity index (χ3n) is 2.50. The van der Waals surface area contributed by atoms with Crippen LogP contribution in [0.15, 0.2) is 0 Å². The van der Waals surface area contributed by atoms with Crippen molar-refractivity contribution in [2.45, 2.75) is 51.2 Å². The second-order valence-corrected chi connectivity index (χ2v) is 3.75. The number of hydrogen-bond acceptors (Lipinski definition) is 4. The lowest BCUT2D eigenvalue weighted by Gasteiger charge is -2.40. The molecule has 1 aliphatic rings. The Labute approximate surface area is 83.1 Å². The Morgan fingerprint density at radius 3 is 2.00 bits per heavy atom. The van der Waals surface area contributed by atoms with Crippen LogP contribution in [0.25, 0.3) is 0 Å². The zero-order valence-corrected chi connectivity index (χ0v) is 8.60. The fraction of sp³-hybridized carbons (Fsp3) is 0.889. The summed E-state index contributed by atoms with van der Waals surface area (Å²) in [5.74, 6) is -0.269. The Morgan fingerprint density at radius 2 is 1.64 bits per heavy atom. The third kappa shape index (κ3) is 2.23. The van der Waals surface area contributed by atoms with E-state index in [4.69, 9.17) is 4.74 Å². The van der Waals surface area contributed by atoms with Gasteiger partial charge in [-0.05, 0) is 13.8 Å². The second kappa shape index (κ2) is 4.25. The molecule has 1 rings (SSSR count). The van der Waals surface area contributed by atoms with Crippen LogP contribution in [-0.4, -0.2) is 46.6 Å². The van der Waals surface area contributed by atoms with Gasteiger partial charge in [-0.15, -0.1) is 0 Å². The van der Waals surface area contributed by atoms with Crippen molar-refractivity contribution in [1.29, 1.82) is 0 Å². The van der Waals surface area contributed by atoms with Crippen LogP contribution in [0.1, 0.15) is 20.8 Å². The summed E-state index contributed by atoms with van der Waals surface area (Å²) in [7, 11) is 0. The highest BCUT2D eigenvalue weighted by molar-refractivity contribution is 5.73. The Kier molecular flexibility index (Phi) is 3.47. The lowest BCUT2D eigenvalue weighted by atomic mass is 9.94. The molecule has 0 radical (unpaired) electrons. The summed E-state index contributed by atoms with van der Waals surface area (Å²) in [4.78, 5) is 10.8. The molecule has 1 fully saturated rings.